The van der Waals surface area contributed by atoms with E-state index in [2.05, 4.69) is 20.1 Å². The largest absolute Gasteiger partial charge is 0.254 e. The summed E-state index contributed by atoms with van der Waals surface area (Å²) >= 11 is 0. The number of hydrogen-bond acceptors (Lipinski definition) is 7. The van der Waals surface area contributed by atoms with Crippen molar-refractivity contribution in [3.8, 4) is 0 Å². The maximum atomic E-state index is 12.8. The van der Waals surface area contributed by atoms with Crippen LogP contribution in [0.5, 0.6) is 0 Å². The number of nitroso groups, excluding NO2 is 1. The molecule has 7 nitrogen and oxygen atoms in total. The van der Waals surface area contributed by atoms with Crippen LogP contribution in [-0.4, -0.2) is 30.6 Å². The minimum atomic E-state index is -1.27. The number of allylic oxidation sites excluding steroid dienone is 2. The van der Waals surface area contributed by atoms with E-state index >= 15 is 0 Å². The molecule has 0 fully saturated rings. The van der Waals surface area contributed by atoms with Crippen LogP contribution in [0.25, 0.3) is 5.70 Å². The van der Waals surface area contributed by atoms with E-state index in [9.17, 15) is 9.12 Å². The molecule has 8 heteroatoms. The zero-order valence-electron chi connectivity index (χ0n) is 16.4. The third kappa shape index (κ3) is 5.56. The predicted octanol–water partition coefficient (Wildman–Crippen LogP) is 4.57. The van der Waals surface area contributed by atoms with Crippen molar-refractivity contribution >= 4 is 27.9 Å². The number of aliphatic imine (C=N–C) groups is 1. The summed E-state index contributed by atoms with van der Waals surface area (Å²) in [5.74, 6) is 0.917. The van der Waals surface area contributed by atoms with Gasteiger partial charge in [-0.25, -0.2) is 15.0 Å². The van der Waals surface area contributed by atoms with Gasteiger partial charge in [-0.3, -0.25) is 9.19 Å². The van der Waals surface area contributed by atoms with Crippen molar-refractivity contribution < 1.29 is 4.21 Å². The Morgan fingerprint density at radius 3 is 2.39 bits per heavy atom. The maximum absolute atomic E-state index is 12.8. The minimum absolute atomic E-state index is 0.216. The van der Waals surface area contributed by atoms with Gasteiger partial charge in [-0.05, 0) is 49.7 Å². The van der Waals surface area contributed by atoms with E-state index in [0.717, 1.165) is 12.0 Å². The fourth-order valence-electron chi connectivity index (χ4n) is 2.25. The summed E-state index contributed by atoms with van der Waals surface area (Å²) in [6.45, 7) is 7.66. The molecule has 0 radical (unpaired) electrons. The first-order chi connectivity index (χ1) is 13.5. The number of aromatic nitrogens is 3. The summed E-state index contributed by atoms with van der Waals surface area (Å²) < 4.78 is 12.8. The van der Waals surface area contributed by atoms with Gasteiger partial charge in [0.2, 0.25) is 0 Å². The van der Waals surface area contributed by atoms with Crippen molar-refractivity contribution in [2.45, 2.75) is 34.1 Å². The van der Waals surface area contributed by atoms with Crippen LogP contribution in [0.4, 0.5) is 5.69 Å². The molecule has 1 unspecified atom stereocenters. The quantitative estimate of drug-likeness (QED) is 0.369. The topological polar surface area (TPSA) is 97.5 Å². The highest BCUT2D eigenvalue weighted by molar-refractivity contribution is 7.89. The molecule has 0 aromatic carbocycles. The molecule has 146 valence electrons. The van der Waals surface area contributed by atoms with E-state index < -0.39 is 10.8 Å². The van der Waals surface area contributed by atoms with Crippen LogP contribution in [0.15, 0.2) is 63.5 Å². The standard InChI is InChI=1S/C20H23N5O2S/c1-5-14(3)12-18(28(27)6-2)19(17-9-8-16(25-26)13-23-17)24-15(4)20-21-10-7-11-22-20/h7-13H,5-6H2,1-4H3/b14-12+,19-18+,24-15?. The molecule has 0 aliphatic rings. The lowest BCUT2D eigenvalue weighted by molar-refractivity contribution is 0.688. The third-order valence-electron chi connectivity index (χ3n) is 3.94. The Labute approximate surface area is 167 Å². The van der Waals surface area contributed by atoms with Gasteiger partial charge in [0.1, 0.15) is 11.4 Å². The zero-order chi connectivity index (χ0) is 20.5. The van der Waals surface area contributed by atoms with E-state index in [0.29, 0.717) is 33.6 Å². The van der Waals surface area contributed by atoms with E-state index in [1.807, 2.05) is 26.8 Å². The average molecular weight is 398 g/mol. The molecule has 0 N–H and O–H groups in total. The van der Waals surface area contributed by atoms with Gasteiger partial charge < -0.3 is 0 Å². The highest BCUT2D eigenvalue weighted by Gasteiger charge is 2.16. The fourth-order valence-corrected chi connectivity index (χ4v) is 3.26. The Hall–Kier alpha value is -2.87. The molecule has 0 saturated carbocycles. The number of rotatable bonds is 8. The SMILES string of the molecule is CC/C(C)=C/C(=C(\N=C(C)c1ncccn1)c1ccc(N=O)cn1)S(=O)CC. The Morgan fingerprint density at radius 2 is 1.86 bits per heavy atom. The summed E-state index contributed by atoms with van der Waals surface area (Å²) in [5.41, 5.74) is 2.83. The van der Waals surface area contributed by atoms with E-state index in [-0.39, 0.29) is 5.69 Å². The van der Waals surface area contributed by atoms with Gasteiger partial charge in [0.05, 0.1) is 33.3 Å². The van der Waals surface area contributed by atoms with Crippen molar-refractivity contribution in [2.75, 3.05) is 5.75 Å². The van der Waals surface area contributed by atoms with Crippen LogP contribution in [0.3, 0.4) is 0 Å². The van der Waals surface area contributed by atoms with Gasteiger partial charge in [0.25, 0.3) is 0 Å². The van der Waals surface area contributed by atoms with Crippen LogP contribution >= 0.6 is 0 Å². The van der Waals surface area contributed by atoms with Crippen molar-refractivity contribution in [3.63, 3.8) is 0 Å². The molecule has 2 rings (SSSR count). The van der Waals surface area contributed by atoms with Crippen LogP contribution in [0, 0.1) is 4.91 Å². The number of hydrogen-bond donors (Lipinski definition) is 0. The second kappa shape index (κ2) is 10.5. The van der Waals surface area contributed by atoms with E-state index in [1.165, 1.54) is 6.20 Å². The van der Waals surface area contributed by atoms with E-state index in [4.69, 9.17) is 4.99 Å². The average Bonchev–Trinajstić information content (AvgIpc) is 2.75. The molecule has 2 aromatic rings. The molecule has 28 heavy (non-hydrogen) atoms. The summed E-state index contributed by atoms with van der Waals surface area (Å²) in [7, 11) is -1.27. The molecule has 0 saturated heterocycles. The third-order valence-corrected chi connectivity index (χ3v) is 5.27. The monoisotopic (exact) mass is 397 g/mol. The van der Waals surface area contributed by atoms with Gasteiger partial charge >= 0.3 is 0 Å². The molecule has 0 aliphatic heterocycles. The number of pyridine rings is 1. The fraction of sp³-hybridized carbons (Fsp3) is 0.300. The van der Waals surface area contributed by atoms with Crippen LogP contribution < -0.4 is 0 Å². The smallest absolute Gasteiger partial charge is 0.173 e. The van der Waals surface area contributed by atoms with E-state index in [1.54, 1.807) is 37.5 Å². The normalized spacial score (nSPS) is 14.4. The molecule has 0 bridgehead atoms. The Bertz CT molecular complexity index is 935. The lowest BCUT2D eigenvalue weighted by Crippen LogP contribution is -2.05. The Kier molecular flexibility index (Phi) is 8.01. The van der Waals surface area contributed by atoms with Crippen LogP contribution in [-0.2, 0) is 10.8 Å². The van der Waals surface area contributed by atoms with Gasteiger partial charge in [-0.2, -0.15) is 0 Å². The second-order valence-corrected chi connectivity index (χ2v) is 7.66. The van der Waals surface area contributed by atoms with Gasteiger partial charge in [-0.1, -0.05) is 19.4 Å². The summed E-state index contributed by atoms with van der Waals surface area (Å²) in [5, 5.41) is 2.88. The highest BCUT2D eigenvalue weighted by atomic mass is 32.2. The predicted molar refractivity (Wildman–Crippen MR) is 114 cm³/mol. The first kappa shape index (κ1) is 21.4. The summed E-state index contributed by atoms with van der Waals surface area (Å²) in [4.78, 5) is 28.7. The molecule has 0 amide bonds. The van der Waals surface area contributed by atoms with Crippen molar-refractivity contribution in [3.05, 3.63) is 69.8 Å². The molecule has 1 atom stereocenters. The van der Waals surface area contributed by atoms with Gasteiger partial charge in [-0.15, -0.1) is 4.91 Å². The highest BCUT2D eigenvalue weighted by Crippen LogP contribution is 2.26. The van der Waals surface area contributed by atoms with Gasteiger partial charge in [0.15, 0.2) is 5.82 Å². The molecule has 0 spiro atoms. The Balaban J connectivity index is 2.74. The molecular formula is C20H23N5O2S. The lowest BCUT2D eigenvalue weighted by atomic mass is 10.2. The van der Waals surface area contributed by atoms with Crippen LogP contribution in [0.2, 0.25) is 0 Å². The first-order valence-corrected chi connectivity index (χ1v) is 10.2. The maximum Gasteiger partial charge on any atom is 0.173 e. The first-order valence-electron chi connectivity index (χ1n) is 8.92. The lowest BCUT2D eigenvalue weighted by Gasteiger charge is -2.10. The summed E-state index contributed by atoms with van der Waals surface area (Å²) in [6.07, 6.45) is 7.36. The molecule has 0 aliphatic carbocycles. The van der Waals surface area contributed by atoms with Crippen LogP contribution in [0.1, 0.15) is 45.6 Å². The Morgan fingerprint density at radius 1 is 1.14 bits per heavy atom. The van der Waals surface area contributed by atoms with Crippen molar-refractivity contribution in [2.24, 2.45) is 10.2 Å². The minimum Gasteiger partial charge on any atom is -0.254 e. The van der Waals surface area contributed by atoms with Crippen molar-refractivity contribution in [1.29, 1.82) is 0 Å². The number of nitrogens with zero attached hydrogens (tertiary/aromatic N) is 5. The molecular weight excluding hydrogens is 374 g/mol. The second-order valence-electron chi connectivity index (χ2n) is 5.95. The summed E-state index contributed by atoms with van der Waals surface area (Å²) in [6, 6.07) is 4.93. The van der Waals surface area contributed by atoms with Gasteiger partial charge in [0, 0.05) is 18.1 Å². The molecule has 2 aromatic heterocycles. The molecule has 2 heterocycles. The zero-order valence-corrected chi connectivity index (χ0v) is 17.2. The van der Waals surface area contributed by atoms with Crippen molar-refractivity contribution in [1.82, 2.24) is 15.0 Å².